The van der Waals surface area contributed by atoms with Crippen LogP contribution in [0.2, 0.25) is 0 Å². The molecule has 0 spiro atoms. The van der Waals surface area contributed by atoms with Gasteiger partial charge >= 0.3 is 0 Å². The number of benzene rings is 1. The van der Waals surface area contributed by atoms with E-state index in [2.05, 4.69) is 30.3 Å². The van der Waals surface area contributed by atoms with E-state index in [1.807, 2.05) is 6.92 Å². The number of aromatic amines is 1. The van der Waals surface area contributed by atoms with Crippen LogP contribution in [0, 0.1) is 17.0 Å². The number of carbonyl (C=O) groups is 1. The molecule has 34 heavy (non-hydrogen) atoms. The van der Waals surface area contributed by atoms with Crippen molar-refractivity contribution in [3.05, 3.63) is 59.3 Å². The van der Waals surface area contributed by atoms with Crippen molar-refractivity contribution in [2.24, 2.45) is 0 Å². The number of anilines is 2. The van der Waals surface area contributed by atoms with E-state index < -0.39 is 38.7 Å². The number of halogens is 2. The van der Waals surface area contributed by atoms with Crippen molar-refractivity contribution in [3.8, 4) is 0 Å². The Kier molecular flexibility index (Phi) is 7.56. The highest BCUT2D eigenvalue weighted by Gasteiger charge is 2.27. The SMILES string of the molecule is CCCS(=O)(=O)Nc1ccc(F)c(C(=O)c2c[nH]c3ncnc(N/C(C=N)=C/NCC)c23)c1F. The first-order chi connectivity index (χ1) is 16.2. The average molecular weight is 492 g/mol. The van der Waals surface area contributed by atoms with E-state index in [0.717, 1.165) is 18.3 Å². The number of aromatic nitrogens is 3. The average Bonchev–Trinajstić information content (AvgIpc) is 3.23. The summed E-state index contributed by atoms with van der Waals surface area (Å²) in [4.78, 5) is 24.1. The van der Waals surface area contributed by atoms with E-state index in [-0.39, 0.29) is 34.6 Å². The predicted molar refractivity (Wildman–Crippen MR) is 126 cm³/mol. The monoisotopic (exact) mass is 491 g/mol. The minimum absolute atomic E-state index is 0.128. The van der Waals surface area contributed by atoms with Crippen LogP contribution in [0.15, 0.2) is 36.6 Å². The van der Waals surface area contributed by atoms with Gasteiger partial charge < -0.3 is 21.0 Å². The van der Waals surface area contributed by atoms with E-state index in [4.69, 9.17) is 5.41 Å². The summed E-state index contributed by atoms with van der Waals surface area (Å²) in [6.07, 6.45) is 5.29. The van der Waals surface area contributed by atoms with Crippen molar-refractivity contribution in [2.75, 3.05) is 22.3 Å². The van der Waals surface area contributed by atoms with E-state index in [1.165, 1.54) is 18.7 Å². The molecule has 0 radical (unpaired) electrons. The molecule has 3 aromatic rings. The van der Waals surface area contributed by atoms with Crippen LogP contribution in [0.4, 0.5) is 20.3 Å². The smallest absolute Gasteiger partial charge is 0.232 e. The van der Waals surface area contributed by atoms with Crippen molar-refractivity contribution in [1.82, 2.24) is 20.3 Å². The number of rotatable bonds is 11. The third kappa shape index (κ3) is 5.20. The van der Waals surface area contributed by atoms with Gasteiger partial charge in [0.15, 0.2) is 5.82 Å². The normalized spacial score (nSPS) is 11.9. The van der Waals surface area contributed by atoms with Gasteiger partial charge in [-0.15, -0.1) is 0 Å². The standard InChI is InChI=1S/C21H23F2N7O3S/c1-3-7-34(32,33)30-15-6-5-14(22)17(18(15)23)19(31)13-10-26-20-16(13)21(28-11-27-20)29-12(8-24)9-25-4-2/h5-6,8-11,24-25,30H,3-4,7H2,1-2H3,(H2,26,27,28,29)/b12-9+,24-8?. The highest BCUT2D eigenvalue weighted by Crippen LogP contribution is 2.30. The van der Waals surface area contributed by atoms with Gasteiger partial charge in [-0.05, 0) is 25.5 Å². The Morgan fingerprint density at radius 3 is 2.68 bits per heavy atom. The number of ketones is 1. The maximum atomic E-state index is 15.2. The number of nitrogens with zero attached hydrogens (tertiary/aromatic N) is 2. The van der Waals surface area contributed by atoms with E-state index in [9.17, 15) is 17.6 Å². The van der Waals surface area contributed by atoms with Crippen molar-refractivity contribution >= 4 is 44.6 Å². The summed E-state index contributed by atoms with van der Waals surface area (Å²) in [5.41, 5.74) is -1.08. The zero-order valence-corrected chi connectivity index (χ0v) is 19.2. The van der Waals surface area contributed by atoms with Gasteiger partial charge in [0.2, 0.25) is 15.8 Å². The molecule has 0 amide bonds. The molecule has 10 nitrogen and oxygen atoms in total. The van der Waals surface area contributed by atoms with Gasteiger partial charge in [-0.3, -0.25) is 9.52 Å². The summed E-state index contributed by atoms with van der Waals surface area (Å²) >= 11 is 0. The summed E-state index contributed by atoms with van der Waals surface area (Å²) in [6, 6.07) is 1.73. The van der Waals surface area contributed by atoms with Crippen molar-refractivity contribution < 1.29 is 22.0 Å². The van der Waals surface area contributed by atoms with Gasteiger partial charge in [-0.2, -0.15) is 0 Å². The highest BCUT2D eigenvalue weighted by atomic mass is 32.2. The second kappa shape index (κ2) is 10.4. The van der Waals surface area contributed by atoms with E-state index >= 15 is 4.39 Å². The van der Waals surface area contributed by atoms with E-state index in [1.54, 1.807) is 6.92 Å². The van der Waals surface area contributed by atoms with Gasteiger partial charge in [-0.1, -0.05) is 6.92 Å². The summed E-state index contributed by atoms with van der Waals surface area (Å²) in [5.74, 6) is -3.67. The van der Waals surface area contributed by atoms with Crippen LogP contribution in [-0.4, -0.2) is 47.7 Å². The molecule has 0 saturated heterocycles. The van der Waals surface area contributed by atoms with Crippen molar-refractivity contribution in [1.29, 1.82) is 5.41 Å². The van der Waals surface area contributed by atoms with Crippen molar-refractivity contribution in [2.45, 2.75) is 20.3 Å². The predicted octanol–water partition coefficient (Wildman–Crippen LogP) is 3.13. The number of carbonyl (C=O) groups excluding carboxylic acids is 1. The van der Waals surface area contributed by atoms with Crippen LogP contribution in [0.5, 0.6) is 0 Å². The Bertz CT molecular complexity index is 1370. The largest absolute Gasteiger partial charge is 0.389 e. The summed E-state index contributed by atoms with van der Waals surface area (Å²) in [5, 5.41) is 13.5. The number of fused-ring (bicyclic) bond motifs is 1. The van der Waals surface area contributed by atoms with Gasteiger partial charge in [-0.25, -0.2) is 27.2 Å². The second-order valence-corrected chi connectivity index (χ2v) is 8.95. The van der Waals surface area contributed by atoms with Crippen LogP contribution in [0.25, 0.3) is 11.0 Å². The Morgan fingerprint density at radius 2 is 2.00 bits per heavy atom. The molecule has 3 rings (SSSR count). The number of allylic oxidation sites excluding steroid dienone is 1. The Balaban J connectivity index is 2.09. The van der Waals surface area contributed by atoms with E-state index in [0.29, 0.717) is 12.2 Å². The topological polar surface area (TPSA) is 153 Å². The van der Waals surface area contributed by atoms with Crippen molar-refractivity contribution in [3.63, 3.8) is 0 Å². The molecule has 0 saturated carbocycles. The summed E-state index contributed by atoms with van der Waals surface area (Å²) in [6.45, 7) is 4.10. The number of hydrogen-bond acceptors (Lipinski definition) is 8. The van der Waals surface area contributed by atoms with Gasteiger partial charge in [0.1, 0.15) is 23.6 Å². The first-order valence-electron chi connectivity index (χ1n) is 10.3. The zero-order chi connectivity index (χ0) is 24.9. The maximum absolute atomic E-state index is 15.2. The third-order valence-corrected chi connectivity index (χ3v) is 6.13. The molecule has 1 aromatic carbocycles. The lowest BCUT2D eigenvalue weighted by Crippen LogP contribution is -2.18. The lowest BCUT2D eigenvalue weighted by molar-refractivity contribution is 0.103. The maximum Gasteiger partial charge on any atom is 0.232 e. The lowest BCUT2D eigenvalue weighted by atomic mass is 10.0. The lowest BCUT2D eigenvalue weighted by Gasteiger charge is -2.12. The molecule has 13 heteroatoms. The molecular formula is C21H23F2N7O3S. The highest BCUT2D eigenvalue weighted by molar-refractivity contribution is 7.92. The minimum atomic E-state index is -3.88. The molecule has 0 bridgehead atoms. The number of H-pyrrole nitrogens is 1. The molecule has 0 aliphatic rings. The Labute approximate surface area is 194 Å². The molecule has 2 heterocycles. The quantitative estimate of drug-likeness (QED) is 0.204. The molecular weight excluding hydrogens is 468 g/mol. The van der Waals surface area contributed by atoms with Crippen LogP contribution >= 0.6 is 0 Å². The summed E-state index contributed by atoms with van der Waals surface area (Å²) in [7, 11) is -3.88. The van der Waals surface area contributed by atoms with Crippen LogP contribution in [0.1, 0.15) is 36.2 Å². The molecule has 2 aromatic heterocycles. The van der Waals surface area contributed by atoms with Gasteiger partial charge in [0.05, 0.1) is 33.7 Å². The Hall–Kier alpha value is -3.87. The first-order valence-corrected chi connectivity index (χ1v) is 11.9. The van der Waals surface area contributed by atoms with Crippen LogP contribution in [-0.2, 0) is 10.0 Å². The number of hydrogen-bond donors (Lipinski definition) is 5. The second-order valence-electron chi connectivity index (χ2n) is 7.11. The summed E-state index contributed by atoms with van der Waals surface area (Å²) < 4.78 is 55.9. The Morgan fingerprint density at radius 1 is 1.24 bits per heavy atom. The van der Waals surface area contributed by atoms with Crippen LogP contribution in [0.3, 0.4) is 0 Å². The molecule has 0 aliphatic carbocycles. The third-order valence-electron chi connectivity index (χ3n) is 4.65. The number of sulfonamides is 1. The van der Waals surface area contributed by atoms with Gasteiger partial charge in [0, 0.05) is 25.2 Å². The minimum Gasteiger partial charge on any atom is -0.389 e. The first kappa shape index (κ1) is 24.8. The number of nitrogens with one attached hydrogen (secondary N) is 5. The van der Waals surface area contributed by atoms with Gasteiger partial charge in [0.25, 0.3) is 0 Å². The fraction of sp³-hybridized carbons (Fsp3) is 0.238. The van der Waals surface area contributed by atoms with Crippen LogP contribution < -0.4 is 15.4 Å². The molecule has 0 unspecified atom stereocenters. The fourth-order valence-corrected chi connectivity index (χ4v) is 4.29. The molecule has 0 aliphatic heterocycles. The molecule has 180 valence electrons. The zero-order valence-electron chi connectivity index (χ0n) is 18.4. The molecule has 0 fully saturated rings. The molecule has 0 atom stereocenters. The fourth-order valence-electron chi connectivity index (χ4n) is 3.16. The molecule has 5 N–H and O–H groups in total.